The van der Waals surface area contributed by atoms with E-state index in [1.807, 2.05) is 0 Å². The molecule has 0 heterocycles. The number of carboxylic acid groups (broad SMARTS) is 1. The van der Waals surface area contributed by atoms with E-state index in [2.05, 4.69) is 10.6 Å². The van der Waals surface area contributed by atoms with Crippen LogP contribution >= 0.6 is 11.8 Å². The van der Waals surface area contributed by atoms with E-state index < -0.39 is 11.9 Å². The molecule has 0 aromatic heterocycles. The number of halogens is 1. The molecule has 170 valence electrons. The summed E-state index contributed by atoms with van der Waals surface area (Å²) in [7, 11) is 0. The lowest BCUT2D eigenvalue weighted by atomic mass is 9.98. The summed E-state index contributed by atoms with van der Waals surface area (Å²) in [6.07, 6.45) is 0. The van der Waals surface area contributed by atoms with Crippen molar-refractivity contribution >= 4 is 51.7 Å². The second-order valence-corrected chi connectivity index (χ2v) is 8.39. The number of carbonyl (C=O) groups is 3. The molecule has 0 aliphatic rings. The zero-order valence-corrected chi connectivity index (χ0v) is 18.6. The highest BCUT2D eigenvalue weighted by Gasteiger charge is 2.16. The Hall–Kier alpha value is -4.17. The maximum atomic E-state index is 13.0. The maximum Gasteiger partial charge on any atom is 0.336 e. The van der Waals surface area contributed by atoms with Gasteiger partial charge in [0.05, 0.1) is 11.3 Å². The van der Waals surface area contributed by atoms with Crippen molar-refractivity contribution in [2.24, 2.45) is 0 Å². The molecule has 0 bridgehead atoms. The van der Waals surface area contributed by atoms with Gasteiger partial charge in [0.25, 0.3) is 5.91 Å². The highest BCUT2D eigenvalue weighted by atomic mass is 32.2. The highest BCUT2D eigenvalue weighted by Crippen LogP contribution is 2.25. The van der Waals surface area contributed by atoms with E-state index in [-0.39, 0.29) is 28.6 Å². The Morgan fingerprint density at radius 1 is 0.765 bits per heavy atom. The fourth-order valence-electron chi connectivity index (χ4n) is 3.42. The maximum absolute atomic E-state index is 13.0. The fraction of sp³-hybridized carbons (Fsp3) is 0.0385. The number of amides is 2. The fourth-order valence-corrected chi connectivity index (χ4v) is 4.12. The SMILES string of the molecule is O=C(CSc1ccc(NC(=O)c2cccc3cccc(C(=O)O)c23)cc1)Nc1ccc(F)cc1. The lowest BCUT2D eigenvalue weighted by molar-refractivity contribution is -0.113. The van der Waals surface area contributed by atoms with Crippen LogP contribution in [-0.4, -0.2) is 28.6 Å². The third-order valence-corrected chi connectivity index (χ3v) is 6.00. The Labute approximate surface area is 198 Å². The smallest absolute Gasteiger partial charge is 0.336 e. The second-order valence-electron chi connectivity index (χ2n) is 7.34. The summed E-state index contributed by atoms with van der Waals surface area (Å²) in [5.41, 5.74) is 1.39. The van der Waals surface area contributed by atoms with E-state index in [1.165, 1.54) is 42.1 Å². The number of hydrogen-bond donors (Lipinski definition) is 3. The zero-order chi connectivity index (χ0) is 24.1. The minimum absolute atomic E-state index is 0.0638. The summed E-state index contributed by atoms with van der Waals surface area (Å²) in [4.78, 5) is 37.5. The van der Waals surface area contributed by atoms with Crippen LogP contribution in [0.15, 0.2) is 89.8 Å². The Kier molecular flexibility index (Phi) is 6.89. The molecule has 0 saturated heterocycles. The van der Waals surface area contributed by atoms with Crippen molar-refractivity contribution in [3.8, 4) is 0 Å². The zero-order valence-electron chi connectivity index (χ0n) is 17.7. The molecule has 0 aliphatic carbocycles. The van der Waals surface area contributed by atoms with Crippen LogP contribution in [0.1, 0.15) is 20.7 Å². The van der Waals surface area contributed by atoms with Crippen LogP contribution in [0.25, 0.3) is 10.8 Å². The van der Waals surface area contributed by atoms with Crippen molar-refractivity contribution < 1.29 is 23.9 Å². The molecule has 8 heteroatoms. The average molecular weight is 475 g/mol. The highest BCUT2D eigenvalue weighted by molar-refractivity contribution is 8.00. The molecular weight excluding hydrogens is 455 g/mol. The van der Waals surface area contributed by atoms with Gasteiger partial charge in [0.15, 0.2) is 0 Å². The van der Waals surface area contributed by atoms with Crippen LogP contribution in [0.3, 0.4) is 0 Å². The molecule has 0 fully saturated rings. The summed E-state index contributed by atoms with van der Waals surface area (Å²) in [6.45, 7) is 0. The first kappa shape index (κ1) is 23.0. The van der Waals surface area contributed by atoms with Crippen LogP contribution in [0.4, 0.5) is 15.8 Å². The molecule has 0 saturated carbocycles. The van der Waals surface area contributed by atoms with Gasteiger partial charge in [-0.2, -0.15) is 0 Å². The Morgan fingerprint density at radius 2 is 1.35 bits per heavy atom. The number of rotatable bonds is 7. The van der Waals surface area contributed by atoms with Gasteiger partial charge >= 0.3 is 5.97 Å². The van der Waals surface area contributed by atoms with Gasteiger partial charge in [-0.3, -0.25) is 9.59 Å². The summed E-state index contributed by atoms with van der Waals surface area (Å²) in [5, 5.41) is 16.1. The van der Waals surface area contributed by atoms with Crippen LogP contribution in [0, 0.1) is 5.82 Å². The third kappa shape index (κ3) is 5.41. The van der Waals surface area contributed by atoms with E-state index in [0.29, 0.717) is 22.1 Å². The Morgan fingerprint density at radius 3 is 2.00 bits per heavy atom. The first-order valence-corrected chi connectivity index (χ1v) is 11.2. The summed E-state index contributed by atoms with van der Waals surface area (Å²) >= 11 is 1.32. The van der Waals surface area contributed by atoms with Crippen LogP contribution in [0.5, 0.6) is 0 Å². The minimum Gasteiger partial charge on any atom is -0.478 e. The van der Waals surface area contributed by atoms with Crippen molar-refractivity contribution in [2.75, 3.05) is 16.4 Å². The molecule has 0 unspecified atom stereocenters. The van der Waals surface area contributed by atoms with Crippen molar-refractivity contribution in [3.05, 3.63) is 102 Å². The molecule has 0 atom stereocenters. The summed E-state index contributed by atoms with van der Waals surface area (Å²) < 4.78 is 13.0. The first-order valence-electron chi connectivity index (χ1n) is 10.3. The van der Waals surface area contributed by atoms with Crippen molar-refractivity contribution in [1.82, 2.24) is 0 Å². The minimum atomic E-state index is -1.10. The molecule has 6 nitrogen and oxygen atoms in total. The molecule has 34 heavy (non-hydrogen) atoms. The van der Waals surface area contributed by atoms with E-state index in [4.69, 9.17) is 0 Å². The average Bonchev–Trinajstić information content (AvgIpc) is 2.84. The molecule has 2 amide bonds. The van der Waals surface area contributed by atoms with Gasteiger partial charge in [-0.25, -0.2) is 9.18 Å². The van der Waals surface area contributed by atoms with Crippen LogP contribution < -0.4 is 10.6 Å². The van der Waals surface area contributed by atoms with Gasteiger partial charge in [-0.15, -0.1) is 11.8 Å². The predicted molar refractivity (Wildman–Crippen MR) is 131 cm³/mol. The first-order chi connectivity index (χ1) is 16.4. The largest absolute Gasteiger partial charge is 0.478 e. The number of aromatic carboxylic acids is 1. The topological polar surface area (TPSA) is 95.5 Å². The van der Waals surface area contributed by atoms with E-state index in [9.17, 15) is 23.9 Å². The Balaban J connectivity index is 1.40. The molecule has 3 N–H and O–H groups in total. The number of nitrogens with one attached hydrogen (secondary N) is 2. The van der Waals surface area contributed by atoms with Crippen LogP contribution in [0.2, 0.25) is 0 Å². The van der Waals surface area contributed by atoms with Crippen molar-refractivity contribution in [3.63, 3.8) is 0 Å². The van der Waals surface area contributed by atoms with Crippen LogP contribution in [-0.2, 0) is 4.79 Å². The predicted octanol–water partition coefficient (Wildman–Crippen LogP) is 5.66. The molecule has 4 aromatic rings. The van der Waals surface area contributed by atoms with E-state index in [0.717, 1.165) is 4.90 Å². The monoisotopic (exact) mass is 474 g/mol. The Bertz CT molecular complexity index is 1370. The number of fused-ring (bicyclic) bond motifs is 1. The molecule has 0 spiro atoms. The molecule has 4 aromatic carbocycles. The van der Waals surface area contributed by atoms with Crippen molar-refractivity contribution in [1.29, 1.82) is 0 Å². The number of thioether (sulfide) groups is 1. The number of hydrogen-bond acceptors (Lipinski definition) is 4. The normalized spacial score (nSPS) is 10.6. The van der Waals surface area contributed by atoms with Gasteiger partial charge in [-0.1, -0.05) is 24.3 Å². The number of carboxylic acids is 1. The number of anilines is 2. The molecule has 0 aliphatic heterocycles. The quantitative estimate of drug-likeness (QED) is 0.301. The molecular formula is C26H19FN2O4S. The number of benzene rings is 4. The van der Waals surface area contributed by atoms with Gasteiger partial charge in [0.1, 0.15) is 5.82 Å². The van der Waals surface area contributed by atoms with Gasteiger partial charge in [0, 0.05) is 27.2 Å². The third-order valence-electron chi connectivity index (χ3n) is 4.99. The number of carbonyl (C=O) groups excluding carboxylic acids is 2. The van der Waals surface area contributed by atoms with Gasteiger partial charge in [-0.05, 0) is 66.0 Å². The second kappa shape index (κ2) is 10.2. The molecule has 4 rings (SSSR count). The lowest BCUT2D eigenvalue weighted by Crippen LogP contribution is -2.14. The van der Waals surface area contributed by atoms with E-state index >= 15 is 0 Å². The van der Waals surface area contributed by atoms with Crippen molar-refractivity contribution in [2.45, 2.75) is 4.90 Å². The van der Waals surface area contributed by atoms with Gasteiger partial charge in [0.2, 0.25) is 5.91 Å². The summed E-state index contributed by atoms with van der Waals surface area (Å²) in [5.74, 6) is -1.95. The molecule has 0 radical (unpaired) electrons. The standard InChI is InChI=1S/C26H19FN2O4S/c27-17-7-9-18(10-8-17)28-23(30)15-34-20-13-11-19(12-14-20)29-25(31)21-5-1-3-16-4-2-6-22(24(16)21)26(32)33/h1-14H,15H2,(H,28,30)(H,29,31)(H,32,33). The van der Waals surface area contributed by atoms with Gasteiger partial charge < -0.3 is 15.7 Å². The van der Waals surface area contributed by atoms with E-state index in [1.54, 1.807) is 54.6 Å². The lowest BCUT2D eigenvalue weighted by Gasteiger charge is -2.11. The summed E-state index contributed by atoms with van der Waals surface area (Å²) in [6, 6.07) is 22.4.